The van der Waals surface area contributed by atoms with Crippen LogP contribution >= 0.6 is 0 Å². The van der Waals surface area contributed by atoms with E-state index in [4.69, 9.17) is 4.74 Å². The third kappa shape index (κ3) is 5.67. The first-order valence-corrected chi connectivity index (χ1v) is 18.7. The highest BCUT2D eigenvalue weighted by molar-refractivity contribution is 5.87. The minimum absolute atomic E-state index is 0.191. The highest BCUT2D eigenvalue weighted by Crippen LogP contribution is 2.73. The topological polar surface area (TPSA) is 75.6 Å². The van der Waals surface area contributed by atoms with Gasteiger partial charge in [0.15, 0.2) is 0 Å². The number of ether oxygens (including phenoxy) is 1. The van der Waals surface area contributed by atoms with Gasteiger partial charge in [0.1, 0.15) is 0 Å². The van der Waals surface area contributed by atoms with Crippen LogP contribution in [0.25, 0.3) is 0 Å². The summed E-state index contributed by atoms with van der Waals surface area (Å²) in [6.07, 6.45) is 15.5. The van der Waals surface area contributed by atoms with Crippen molar-refractivity contribution >= 4 is 11.9 Å². The SMILES string of the molecule is CC1(C)CCCC2(C)C1CCC1(C)C3CCC4(C(=O)NCc5cccc(COCc6cccc(C(=O)O)c6)c5)CCCC4C3CCC12. The monoisotopic (exact) mass is 639 g/mol. The second-order valence-corrected chi connectivity index (χ2v) is 17.5. The van der Waals surface area contributed by atoms with Crippen molar-refractivity contribution in [1.82, 2.24) is 5.32 Å². The molecule has 0 aromatic heterocycles. The number of hydrogen-bond acceptors (Lipinski definition) is 3. The van der Waals surface area contributed by atoms with E-state index < -0.39 is 5.97 Å². The van der Waals surface area contributed by atoms with Crippen molar-refractivity contribution in [2.45, 2.75) is 125 Å². The fraction of sp³-hybridized carbons (Fsp3) is 0.667. The molecule has 0 bridgehead atoms. The average molecular weight is 640 g/mol. The maximum absolute atomic E-state index is 14.2. The molecule has 0 aliphatic heterocycles. The number of fused-ring (bicyclic) bond motifs is 7. The number of carboxylic acid groups (broad SMARTS) is 1. The van der Waals surface area contributed by atoms with E-state index in [2.05, 4.69) is 45.1 Å². The summed E-state index contributed by atoms with van der Waals surface area (Å²) in [5, 5.41) is 12.7. The molecule has 5 aliphatic rings. The van der Waals surface area contributed by atoms with E-state index in [1.807, 2.05) is 18.2 Å². The number of benzene rings is 2. The van der Waals surface area contributed by atoms with Crippen molar-refractivity contribution in [2.24, 2.45) is 51.2 Å². The smallest absolute Gasteiger partial charge is 0.335 e. The first-order chi connectivity index (χ1) is 22.5. The fourth-order valence-corrected chi connectivity index (χ4v) is 13.0. The first kappa shape index (κ1) is 32.9. The lowest BCUT2D eigenvalue weighted by atomic mass is 9.36. The van der Waals surface area contributed by atoms with E-state index >= 15 is 0 Å². The Morgan fingerprint density at radius 3 is 2.28 bits per heavy atom. The van der Waals surface area contributed by atoms with Crippen molar-refractivity contribution < 1.29 is 19.4 Å². The van der Waals surface area contributed by atoms with Gasteiger partial charge in [-0.2, -0.15) is 0 Å². The molecule has 2 aromatic carbocycles. The summed E-state index contributed by atoms with van der Waals surface area (Å²) < 4.78 is 5.93. The van der Waals surface area contributed by atoms with Crippen molar-refractivity contribution in [3.63, 3.8) is 0 Å². The number of carbonyl (C=O) groups is 2. The summed E-state index contributed by atoms with van der Waals surface area (Å²) in [6.45, 7) is 11.8. The summed E-state index contributed by atoms with van der Waals surface area (Å²) in [7, 11) is 0. The molecule has 47 heavy (non-hydrogen) atoms. The van der Waals surface area contributed by atoms with Crippen LogP contribution in [-0.2, 0) is 29.3 Å². The first-order valence-electron chi connectivity index (χ1n) is 18.7. The molecule has 1 amide bonds. The third-order valence-electron chi connectivity index (χ3n) is 14.9. The van der Waals surface area contributed by atoms with Gasteiger partial charge in [-0.15, -0.1) is 0 Å². The van der Waals surface area contributed by atoms with Gasteiger partial charge in [-0.1, -0.05) is 76.9 Å². The lowest BCUT2D eigenvalue weighted by Crippen LogP contribution is -2.62. The molecule has 5 nitrogen and oxygen atoms in total. The van der Waals surface area contributed by atoms with Crippen molar-refractivity contribution in [3.05, 3.63) is 70.8 Å². The minimum Gasteiger partial charge on any atom is -0.478 e. The van der Waals surface area contributed by atoms with Crippen LogP contribution in [0, 0.1) is 51.2 Å². The Labute approximate surface area is 282 Å². The minimum atomic E-state index is -0.931. The number of carboxylic acids is 1. The molecule has 5 aliphatic carbocycles. The largest absolute Gasteiger partial charge is 0.478 e. The standard InChI is InChI=1S/C42H57NO4/c1-39(2)18-8-19-41(4)35(39)17-21-40(3)33-16-22-42(20-7-13-34(42)32(33)14-15-36(40)41)38(46)43-25-28-9-5-10-29(23-28)26-47-27-30-11-6-12-31(24-30)37(44)45/h5-6,9-12,23-24,32-36H,7-8,13-22,25-27H2,1-4H3,(H,43,46)(H,44,45). The maximum atomic E-state index is 14.2. The molecule has 0 heterocycles. The number of hydrogen-bond donors (Lipinski definition) is 2. The Morgan fingerprint density at radius 1 is 0.745 bits per heavy atom. The number of nitrogens with one attached hydrogen (secondary N) is 1. The molecule has 2 N–H and O–H groups in total. The van der Waals surface area contributed by atoms with Gasteiger partial charge in [0.2, 0.25) is 5.91 Å². The van der Waals surface area contributed by atoms with Crippen LogP contribution in [0.2, 0.25) is 0 Å². The molecule has 0 saturated heterocycles. The van der Waals surface area contributed by atoms with E-state index in [9.17, 15) is 14.7 Å². The zero-order valence-electron chi connectivity index (χ0n) is 29.3. The molecule has 7 rings (SSSR count). The van der Waals surface area contributed by atoms with Gasteiger partial charge < -0.3 is 15.2 Å². The zero-order chi connectivity index (χ0) is 33.0. The van der Waals surface area contributed by atoms with Gasteiger partial charge in [-0.05, 0) is 139 Å². The van der Waals surface area contributed by atoms with Crippen LogP contribution in [0.3, 0.4) is 0 Å². The van der Waals surface area contributed by atoms with E-state index in [1.54, 1.807) is 18.2 Å². The quantitative estimate of drug-likeness (QED) is 0.302. The second-order valence-electron chi connectivity index (χ2n) is 17.5. The van der Waals surface area contributed by atoms with Crippen molar-refractivity contribution in [2.75, 3.05) is 0 Å². The number of aromatic carboxylic acids is 1. The Morgan fingerprint density at radius 2 is 1.49 bits per heavy atom. The molecule has 8 unspecified atom stereocenters. The summed E-state index contributed by atoms with van der Waals surface area (Å²) in [5.74, 6) is 3.08. The van der Waals surface area contributed by atoms with Gasteiger partial charge in [0, 0.05) is 6.54 Å². The second kappa shape index (κ2) is 12.3. The molecule has 2 aromatic rings. The van der Waals surface area contributed by atoms with Gasteiger partial charge >= 0.3 is 5.97 Å². The molecule has 0 spiro atoms. The van der Waals surface area contributed by atoms with E-state index in [0.29, 0.717) is 53.7 Å². The predicted molar refractivity (Wildman–Crippen MR) is 185 cm³/mol. The van der Waals surface area contributed by atoms with Crippen LogP contribution in [0.4, 0.5) is 0 Å². The lowest BCUT2D eigenvalue weighted by Gasteiger charge is -2.68. The lowest BCUT2D eigenvalue weighted by molar-refractivity contribution is -0.196. The Balaban J connectivity index is 0.991. The van der Waals surface area contributed by atoms with E-state index in [1.165, 1.54) is 64.2 Å². The normalized spacial score (nSPS) is 37.1. The van der Waals surface area contributed by atoms with Crippen LogP contribution in [-0.4, -0.2) is 17.0 Å². The molecule has 5 fully saturated rings. The predicted octanol–water partition coefficient (Wildman–Crippen LogP) is 9.57. The van der Waals surface area contributed by atoms with Crippen molar-refractivity contribution in [3.8, 4) is 0 Å². The Hall–Kier alpha value is -2.66. The molecular weight excluding hydrogens is 582 g/mol. The maximum Gasteiger partial charge on any atom is 0.335 e. The highest BCUT2D eigenvalue weighted by atomic mass is 16.5. The highest BCUT2D eigenvalue weighted by Gasteiger charge is 2.66. The fourth-order valence-electron chi connectivity index (χ4n) is 13.0. The number of amides is 1. The summed E-state index contributed by atoms with van der Waals surface area (Å²) in [4.78, 5) is 25.5. The van der Waals surface area contributed by atoms with Gasteiger partial charge in [-0.25, -0.2) is 4.79 Å². The number of rotatable bonds is 8. The van der Waals surface area contributed by atoms with E-state index in [-0.39, 0.29) is 11.0 Å². The summed E-state index contributed by atoms with van der Waals surface area (Å²) >= 11 is 0. The Kier molecular flexibility index (Phi) is 8.63. The van der Waals surface area contributed by atoms with Gasteiger partial charge in [0.25, 0.3) is 0 Å². The van der Waals surface area contributed by atoms with Gasteiger partial charge in [-0.3, -0.25) is 4.79 Å². The summed E-state index contributed by atoms with van der Waals surface area (Å²) in [5.41, 5.74) is 4.45. The number of carbonyl (C=O) groups excluding carboxylic acids is 1. The molecular formula is C42H57NO4. The zero-order valence-corrected chi connectivity index (χ0v) is 29.3. The summed E-state index contributed by atoms with van der Waals surface area (Å²) in [6, 6.07) is 15.2. The van der Waals surface area contributed by atoms with E-state index in [0.717, 1.165) is 47.3 Å². The molecule has 0 radical (unpaired) electrons. The van der Waals surface area contributed by atoms with Crippen LogP contribution in [0.15, 0.2) is 48.5 Å². The van der Waals surface area contributed by atoms with Crippen LogP contribution < -0.4 is 5.32 Å². The molecule has 5 heteroatoms. The molecule has 5 saturated carbocycles. The Bertz CT molecular complexity index is 1500. The average Bonchev–Trinajstić information content (AvgIpc) is 3.49. The van der Waals surface area contributed by atoms with Gasteiger partial charge in [0.05, 0.1) is 24.2 Å². The van der Waals surface area contributed by atoms with Crippen LogP contribution in [0.1, 0.15) is 132 Å². The van der Waals surface area contributed by atoms with Crippen LogP contribution in [0.5, 0.6) is 0 Å². The van der Waals surface area contributed by atoms with Crippen molar-refractivity contribution in [1.29, 1.82) is 0 Å². The third-order valence-corrected chi connectivity index (χ3v) is 14.9. The molecule has 8 atom stereocenters. The molecule has 254 valence electrons.